The Balaban J connectivity index is 0.00000144. The molecule has 1 heterocycles. The minimum absolute atomic E-state index is 0. The average Bonchev–Trinajstić information content (AvgIpc) is 2.04. The van der Waals surface area contributed by atoms with Crippen LogP contribution in [0.1, 0.15) is 16.2 Å². The minimum atomic E-state index is -1.36. The van der Waals surface area contributed by atoms with Crippen LogP contribution in [-0.2, 0) is 0 Å². The molecular formula is C6H4N3NaO3. The molecule has 0 atom stereocenters. The van der Waals surface area contributed by atoms with Crippen molar-refractivity contribution in [3.63, 3.8) is 0 Å². The number of hydrogen-bond donors (Lipinski definition) is 2. The maximum absolute atomic E-state index is 10.5. The molecule has 13 heavy (non-hydrogen) atoms. The van der Waals surface area contributed by atoms with E-state index >= 15 is 0 Å². The van der Waals surface area contributed by atoms with E-state index in [0.717, 1.165) is 12.4 Å². The van der Waals surface area contributed by atoms with E-state index in [9.17, 15) is 9.90 Å². The normalized spacial score (nSPS) is 8.62. The molecule has 1 aromatic heterocycles. The van der Waals surface area contributed by atoms with E-state index in [-0.39, 0.29) is 29.6 Å². The topological polar surface area (TPSA) is 110 Å². The maximum atomic E-state index is 10.5. The van der Waals surface area contributed by atoms with Crippen LogP contribution in [0.25, 0.3) is 0 Å². The van der Waals surface area contributed by atoms with Crippen molar-refractivity contribution in [2.75, 3.05) is 0 Å². The number of nitrogens with zero attached hydrogens (tertiary/aromatic N) is 2. The molecule has 0 aromatic carbocycles. The fourth-order valence-corrected chi connectivity index (χ4v) is 0.661. The summed E-state index contributed by atoms with van der Waals surface area (Å²) in [5.41, 5.74) is -0.928. The molecular weight excluding hydrogens is 185 g/mol. The Morgan fingerprint density at radius 2 is 1.85 bits per heavy atom. The van der Waals surface area contributed by atoms with Crippen LogP contribution in [0.5, 0.6) is 0 Å². The van der Waals surface area contributed by atoms with Crippen LogP contribution in [0.2, 0.25) is 0 Å². The van der Waals surface area contributed by atoms with E-state index in [4.69, 9.17) is 10.5 Å². The van der Waals surface area contributed by atoms with Crippen molar-refractivity contribution in [2.24, 2.45) is 0 Å². The van der Waals surface area contributed by atoms with Crippen LogP contribution in [0.15, 0.2) is 12.4 Å². The summed E-state index contributed by atoms with van der Waals surface area (Å²) in [4.78, 5) is 17.2. The number of nitrogens with one attached hydrogen (secondary N) is 1. The van der Waals surface area contributed by atoms with Crippen molar-refractivity contribution in [2.45, 2.75) is 0 Å². The first kappa shape index (κ1) is 12.0. The zero-order chi connectivity index (χ0) is 9.14. The number of rotatable bonds is 2. The molecule has 1 aromatic rings. The maximum Gasteiger partial charge on any atom is 1.00 e. The standard InChI is InChI=1S/C6H5N3O3.Na/c7-5(10)3-4(6(11)12)9-2-1-8-3;/h1-2H,(H2,7,10)(H,11,12);/q;+1/p-1. The molecule has 2 N–H and O–H groups in total. The third kappa shape index (κ3) is 2.76. The monoisotopic (exact) mass is 189 g/mol. The smallest absolute Gasteiger partial charge is 0.858 e. The molecule has 0 unspecified atom stereocenters. The van der Waals surface area contributed by atoms with Gasteiger partial charge in [-0.2, -0.15) is 0 Å². The quantitative estimate of drug-likeness (QED) is 0.279. The second kappa shape index (κ2) is 4.90. The molecule has 0 saturated heterocycles. The summed E-state index contributed by atoms with van der Waals surface area (Å²) in [6.07, 6.45) is 2.31. The van der Waals surface area contributed by atoms with E-state index in [1.54, 1.807) is 0 Å². The van der Waals surface area contributed by atoms with Gasteiger partial charge in [0.05, 0.1) is 0 Å². The first-order valence-corrected chi connectivity index (χ1v) is 2.93. The number of carbonyl (C=O) groups is 1. The Hall–Kier alpha value is -0.980. The van der Waals surface area contributed by atoms with Gasteiger partial charge in [0.15, 0.2) is 5.69 Å². The van der Waals surface area contributed by atoms with E-state index < -0.39 is 23.3 Å². The summed E-state index contributed by atoms with van der Waals surface area (Å²) in [5.74, 6) is -2.51. The molecule has 0 aliphatic heterocycles. The zero-order valence-electron chi connectivity index (χ0n) is 6.81. The van der Waals surface area contributed by atoms with E-state index in [0.29, 0.717) is 0 Å². The van der Waals surface area contributed by atoms with Crippen molar-refractivity contribution < 1.29 is 44.6 Å². The average molecular weight is 189 g/mol. The van der Waals surface area contributed by atoms with Crippen LogP contribution >= 0.6 is 0 Å². The molecule has 0 aliphatic rings. The second-order valence-corrected chi connectivity index (χ2v) is 1.89. The second-order valence-electron chi connectivity index (χ2n) is 1.89. The van der Waals surface area contributed by atoms with Gasteiger partial charge >= 0.3 is 35.5 Å². The third-order valence-electron chi connectivity index (χ3n) is 1.12. The Morgan fingerprint density at radius 3 is 2.15 bits per heavy atom. The van der Waals surface area contributed by atoms with Crippen LogP contribution < -0.4 is 34.7 Å². The van der Waals surface area contributed by atoms with Crippen LogP contribution in [0.3, 0.4) is 0 Å². The van der Waals surface area contributed by atoms with Gasteiger partial charge in [-0.15, -0.1) is 0 Å². The predicted molar refractivity (Wildman–Crippen MR) is 35.8 cm³/mol. The zero-order valence-corrected chi connectivity index (χ0v) is 8.81. The summed E-state index contributed by atoms with van der Waals surface area (Å²) in [5, 5.41) is 25.6. The molecule has 0 radical (unpaired) electrons. The summed E-state index contributed by atoms with van der Waals surface area (Å²) >= 11 is 0. The number of aromatic nitrogens is 2. The number of carboxylic acid groups (broad SMARTS) is 1. The number of hydrogen-bond acceptors (Lipinski definition) is 5. The summed E-state index contributed by atoms with van der Waals surface area (Å²) < 4.78 is 0. The number of aromatic carboxylic acids is 1. The van der Waals surface area contributed by atoms with Crippen molar-refractivity contribution >= 4 is 11.9 Å². The number of carboxylic acids is 1. The molecule has 0 bridgehead atoms. The Kier molecular flexibility index (Phi) is 4.53. The molecule has 62 valence electrons. The SMILES string of the molecule is N=C([O-])c1nccnc1C(=O)O.[Na+]. The van der Waals surface area contributed by atoms with Gasteiger partial charge in [-0.3, -0.25) is 4.98 Å². The Bertz CT molecular complexity index is 309. The molecule has 0 aliphatic carbocycles. The van der Waals surface area contributed by atoms with Gasteiger partial charge in [-0.25, -0.2) is 9.78 Å². The Morgan fingerprint density at radius 1 is 1.38 bits per heavy atom. The fourth-order valence-electron chi connectivity index (χ4n) is 0.661. The molecule has 0 spiro atoms. The summed E-state index contributed by atoms with van der Waals surface area (Å²) in [7, 11) is 0. The molecule has 1 rings (SSSR count). The van der Waals surface area contributed by atoms with Crippen LogP contribution in [0, 0.1) is 5.41 Å². The summed E-state index contributed by atoms with van der Waals surface area (Å²) in [6.45, 7) is 0. The first-order chi connectivity index (χ1) is 5.63. The molecule has 7 heteroatoms. The van der Waals surface area contributed by atoms with E-state index in [1.807, 2.05) is 0 Å². The summed E-state index contributed by atoms with van der Waals surface area (Å²) in [6, 6.07) is 0. The predicted octanol–water partition coefficient (Wildman–Crippen LogP) is -4.14. The largest absolute Gasteiger partial charge is 1.00 e. The van der Waals surface area contributed by atoms with Crippen molar-refractivity contribution in [3.05, 3.63) is 23.8 Å². The molecule has 0 saturated carbocycles. The molecule has 0 fully saturated rings. The third-order valence-corrected chi connectivity index (χ3v) is 1.12. The van der Waals surface area contributed by atoms with Gasteiger partial charge in [0.2, 0.25) is 0 Å². The van der Waals surface area contributed by atoms with E-state index in [1.165, 1.54) is 0 Å². The van der Waals surface area contributed by atoms with Gasteiger partial charge in [0.25, 0.3) is 0 Å². The van der Waals surface area contributed by atoms with Gasteiger partial charge in [0.1, 0.15) is 5.69 Å². The van der Waals surface area contributed by atoms with Gasteiger partial charge in [-0.1, -0.05) is 0 Å². The van der Waals surface area contributed by atoms with E-state index in [2.05, 4.69) is 9.97 Å². The first-order valence-electron chi connectivity index (χ1n) is 2.93. The Labute approximate surface area is 95.4 Å². The van der Waals surface area contributed by atoms with Crippen molar-refractivity contribution in [1.29, 1.82) is 5.41 Å². The van der Waals surface area contributed by atoms with Gasteiger partial charge in [0, 0.05) is 18.3 Å². The molecule has 6 nitrogen and oxygen atoms in total. The van der Waals surface area contributed by atoms with Crippen molar-refractivity contribution in [3.8, 4) is 0 Å². The fraction of sp³-hybridized carbons (Fsp3) is 0. The van der Waals surface area contributed by atoms with Gasteiger partial charge in [-0.05, 0) is 0 Å². The molecule has 0 amide bonds. The van der Waals surface area contributed by atoms with Crippen molar-refractivity contribution in [1.82, 2.24) is 9.97 Å². The van der Waals surface area contributed by atoms with Crippen LogP contribution in [-0.4, -0.2) is 26.9 Å². The van der Waals surface area contributed by atoms with Gasteiger partial charge < -0.3 is 15.6 Å². The van der Waals surface area contributed by atoms with Crippen LogP contribution in [0.4, 0.5) is 0 Å². The minimum Gasteiger partial charge on any atom is -0.858 e.